The molecule has 4 rings (SSSR count). The first-order valence-corrected chi connectivity index (χ1v) is 11.4. The van der Waals surface area contributed by atoms with E-state index in [1.165, 1.54) is 0 Å². The fourth-order valence-corrected chi connectivity index (χ4v) is 6.01. The van der Waals surface area contributed by atoms with Gasteiger partial charge in [0, 0.05) is 6.54 Å². The van der Waals surface area contributed by atoms with Crippen LogP contribution >= 0.6 is 7.60 Å². The molecule has 0 saturated carbocycles. The standard InChI is InChI=1S/C21H25N2O4P/c24-21(19-13-7-15-22-19)23-16-8-14-20(23)28(25,26-17-9-3-1-4-10-17)27-18-11-5-2-6-12-18/h1-6,9-12,19-20,22H,7-8,13-16H2/t19-,20+/m0/s1. The zero-order valence-electron chi connectivity index (χ0n) is 15.7. The quantitative estimate of drug-likeness (QED) is 0.742. The molecule has 2 fully saturated rings. The monoisotopic (exact) mass is 400 g/mol. The Morgan fingerprint density at radius 2 is 1.54 bits per heavy atom. The van der Waals surface area contributed by atoms with E-state index < -0.39 is 13.4 Å². The molecule has 28 heavy (non-hydrogen) atoms. The predicted octanol–water partition coefficient (Wildman–Crippen LogP) is 4.04. The summed E-state index contributed by atoms with van der Waals surface area (Å²) in [6.07, 6.45) is 3.16. The molecule has 7 heteroatoms. The molecule has 1 amide bonds. The van der Waals surface area contributed by atoms with Crippen LogP contribution in [0.2, 0.25) is 0 Å². The summed E-state index contributed by atoms with van der Waals surface area (Å²) in [7, 11) is -3.68. The van der Waals surface area contributed by atoms with Crippen LogP contribution in [0.5, 0.6) is 11.5 Å². The maximum absolute atomic E-state index is 14.0. The topological polar surface area (TPSA) is 67.9 Å². The minimum atomic E-state index is -3.68. The van der Waals surface area contributed by atoms with Crippen molar-refractivity contribution < 1.29 is 18.4 Å². The van der Waals surface area contributed by atoms with E-state index in [9.17, 15) is 9.36 Å². The Morgan fingerprint density at radius 1 is 0.929 bits per heavy atom. The Hall–Kier alpha value is -2.30. The molecular weight excluding hydrogens is 375 g/mol. The van der Waals surface area contributed by atoms with Crippen molar-refractivity contribution in [2.45, 2.75) is 37.5 Å². The third kappa shape index (κ3) is 4.08. The Bertz CT molecular complexity index is 794. The van der Waals surface area contributed by atoms with Gasteiger partial charge >= 0.3 is 7.60 Å². The van der Waals surface area contributed by atoms with Gasteiger partial charge in [0.25, 0.3) is 0 Å². The number of hydrogen-bond donors (Lipinski definition) is 1. The van der Waals surface area contributed by atoms with Gasteiger partial charge in [-0.25, -0.2) is 4.57 Å². The predicted molar refractivity (Wildman–Crippen MR) is 108 cm³/mol. The van der Waals surface area contributed by atoms with E-state index in [2.05, 4.69) is 5.32 Å². The Kier molecular flexibility index (Phi) is 5.69. The molecule has 2 atom stereocenters. The molecule has 0 radical (unpaired) electrons. The SMILES string of the molecule is O=C([C@@H]1CCCN1)N1CCC[C@H]1P(=O)(Oc1ccccc1)Oc1ccccc1. The van der Waals surface area contributed by atoms with Crippen molar-refractivity contribution in [3.63, 3.8) is 0 Å². The first kappa shape index (κ1) is 19.0. The summed E-state index contributed by atoms with van der Waals surface area (Å²) in [5.41, 5.74) is 0. The van der Waals surface area contributed by atoms with Crippen LogP contribution in [0, 0.1) is 0 Å². The minimum Gasteiger partial charge on any atom is -0.415 e. The van der Waals surface area contributed by atoms with E-state index in [-0.39, 0.29) is 11.9 Å². The lowest BCUT2D eigenvalue weighted by Gasteiger charge is -2.32. The summed E-state index contributed by atoms with van der Waals surface area (Å²) in [5, 5.41) is 3.24. The fraction of sp³-hybridized carbons (Fsp3) is 0.381. The van der Waals surface area contributed by atoms with Gasteiger partial charge in [0.05, 0.1) is 6.04 Å². The minimum absolute atomic E-state index is 0.00597. The number of likely N-dealkylation sites (tertiary alicyclic amines) is 1. The van der Waals surface area contributed by atoms with E-state index >= 15 is 0 Å². The average molecular weight is 400 g/mol. The van der Waals surface area contributed by atoms with E-state index in [4.69, 9.17) is 9.05 Å². The fourth-order valence-electron chi connectivity index (χ4n) is 3.83. The van der Waals surface area contributed by atoms with Crippen molar-refractivity contribution in [2.24, 2.45) is 0 Å². The number of para-hydroxylation sites is 2. The highest BCUT2D eigenvalue weighted by Crippen LogP contribution is 2.57. The zero-order valence-corrected chi connectivity index (χ0v) is 16.6. The van der Waals surface area contributed by atoms with Gasteiger partial charge in [0.15, 0.2) is 5.78 Å². The number of carbonyl (C=O) groups excluding carboxylic acids is 1. The Morgan fingerprint density at radius 3 is 2.07 bits per heavy atom. The molecule has 0 aliphatic carbocycles. The molecule has 1 N–H and O–H groups in total. The Balaban J connectivity index is 1.63. The van der Waals surface area contributed by atoms with Crippen LogP contribution in [-0.4, -0.2) is 35.7 Å². The van der Waals surface area contributed by atoms with Crippen LogP contribution in [0.3, 0.4) is 0 Å². The van der Waals surface area contributed by atoms with Crippen molar-refractivity contribution in [2.75, 3.05) is 13.1 Å². The molecule has 0 bridgehead atoms. The molecule has 2 aliphatic rings. The molecule has 2 aromatic carbocycles. The van der Waals surface area contributed by atoms with Crippen LogP contribution in [-0.2, 0) is 9.36 Å². The number of hydrogen-bond acceptors (Lipinski definition) is 5. The summed E-state index contributed by atoms with van der Waals surface area (Å²) < 4.78 is 25.9. The summed E-state index contributed by atoms with van der Waals surface area (Å²) >= 11 is 0. The second kappa shape index (κ2) is 8.38. The normalized spacial score (nSPS) is 22.2. The highest BCUT2D eigenvalue weighted by molar-refractivity contribution is 7.55. The molecule has 2 heterocycles. The molecule has 148 valence electrons. The van der Waals surface area contributed by atoms with Crippen LogP contribution in [0.1, 0.15) is 25.7 Å². The number of benzene rings is 2. The molecule has 2 saturated heterocycles. The van der Waals surface area contributed by atoms with Gasteiger partial charge in [-0.05, 0) is 56.5 Å². The highest BCUT2D eigenvalue weighted by Gasteiger charge is 2.48. The van der Waals surface area contributed by atoms with Crippen LogP contribution in [0.15, 0.2) is 60.7 Å². The highest BCUT2D eigenvalue weighted by atomic mass is 31.2. The number of rotatable bonds is 6. The summed E-state index contributed by atoms with van der Waals surface area (Å²) in [6.45, 7) is 1.41. The van der Waals surface area contributed by atoms with Gasteiger partial charge < -0.3 is 19.3 Å². The van der Waals surface area contributed by atoms with Crippen LogP contribution in [0.4, 0.5) is 0 Å². The molecule has 6 nitrogen and oxygen atoms in total. The molecule has 0 unspecified atom stereocenters. The van der Waals surface area contributed by atoms with E-state index in [0.717, 1.165) is 25.8 Å². The lowest BCUT2D eigenvalue weighted by atomic mass is 10.2. The van der Waals surface area contributed by atoms with Crippen LogP contribution < -0.4 is 14.4 Å². The second-order valence-electron chi connectivity index (χ2n) is 7.15. The van der Waals surface area contributed by atoms with E-state index in [1.54, 1.807) is 29.2 Å². The van der Waals surface area contributed by atoms with E-state index in [1.807, 2.05) is 36.4 Å². The maximum Gasteiger partial charge on any atom is 0.453 e. The van der Waals surface area contributed by atoms with Gasteiger partial charge in [-0.15, -0.1) is 0 Å². The van der Waals surface area contributed by atoms with Crippen molar-refractivity contribution in [1.29, 1.82) is 0 Å². The lowest BCUT2D eigenvalue weighted by molar-refractivity contribution is -0.132. The smallest absolute Gasteiger partial charge is 0.415 e. The van der Waals surface area contributed by atoms with Crippen molar-refractivity contribution in [3.05, 3.63) is 60.7 Å². The first-order valence-electron chi connectivity index (χ1n) is 9.79. The zero-order chi connectivity index (χ0) is 19.4. The number of nitrogens with one attached hydrogen (secondary N) is 1. The molecular formula is C21H25N2O4P. The van der Waals surface area contributed by atoms with Gasteiger partial charge in [0.1, 0.15) is 11.5 Å². The average Bonchev–Trinajstić information content (AvgIpc) is 3.41. The first-order chi connectivity index (χ1) is 13.7. The van der Waals surface area contributed by atoms with Crippen molar-refractivity contribution >= 4 is 13.5 Å². The van der Waals surface area contributed by atoms with Crippen molar-refractivity contribution in [1.82, 2.24) is 10.2 Å². The molecule has 2 aliphatic heterocycles. The molecule has 0 aromatic heterocycles. The number of carbonyl (C=O) groups is 1. The third-order valence-corrected chi connectivity index (χ3v) is 7.38. The molecule has 2 aromatic rings. The van der Waals surface area contributed by atoms with Gasteiger partial charge in [-0.3, -0.25) is 4.79 Å². The summed E-state index contributed by atoms with van der Waals surface area (Å²) in [5.74, 6) is 0.344. The van der Waals surface area contributed by atoms with Crippen LogP contribution in [0.25, 0.3) is 0 Å². The lowest BCUT2D eigenvalue weighted by Crippen LogP contribution is -2.46. The van der Waals surface area contributed by atoms with Gasteiger partial charge in [-0.1, -0.05) is 36.4 Å². The maximum atomic E-state index is 14.0. The number of amides is 1. The number of nitrogens with zero attached hydrogens (tertiary/aromatic N) is 1. The molecule has 0 spiro atoms. The largest absolute Gasteiger partial charge is 0.453 e. The van der Waals surface area contributed by atoms with E-state index in [0.29, 0.717) is 24.5 Å². The van der Waals surface area contributed by atoms with Gasteiger partial charge in [-0.2, -0.15) is 0 Å². The third-order valence-electron chi connectivity index (χ3n) is 5.18. The second-order valence-corrected chi connectivity index (χ2v) is 9.19. The Labute approximate surface area is 165 Å². The summed E-state index contributed by atoms with van der Waals surface area (Å²) in [6, 6.07) is 17.8. The van der Waals surface area contributed by atoms with Crippen molar-refractivity contribution in [3.8, 4) is 11.5 Å². The summed E-state index contributed by atoms with van der Waals surface area (Å²) in [4.78, 5) is 14.7. The van der Waals surface area contributed by atoms with Gasteiger partial charge in [0.2, 0.25) is 5.91 Å².